The van der Waals surface area contributed by atoms with Gasteiger partial charge >= 0.3 is 5.69 Å². The Hall–Kier alpha value is -3.68. The number of imidazole rings is 1. The fraction of sp³-hybridized carbons (Fsp3) is 0.111. The van der Waals surface area contributed by atoms with Crippen molar-refractivity contribution in [2.45, 2.75) is 13.0 Å². The summed E-state index contributed by atoms with van der Waals surface area (Å²) in [6, 6.07) is 17.5. The topological polar surface area (TPSA) is 108 Å². The van der Waals surface area contributed by atoms with Crippen LogP contribution in [0.15, 0.2) is 59.4 Å². The van der Waals surface area contributed by atoms with Crippen molar-refractivity contribution in [1.82, 2.24) is 24.7 Å². The molecule has 2 heterocycles. The maximum atomic E-state index is 12.4. The molecule has 4 rings (SSSR count). The number of benzene rings is 2. The van der Waals surface area contributed by atoms with Gasteiger partial charge in [0.15, 0.2) is 0 Å². The maximum Gasteiger partial charge on any atom is 0.341 e. The molecule has 3 N–H and O–H groups in total. The van der Waals surface area contributed by atoms with Crippen molar-refractivity contribution >= 4 is 22.9 Å². The van der Waals surface area contributed by atoms with Crippen LogP contribution in [0.1, 0.15) is 29.1 Å². The molecule has 0 spiro atoms. The molecule has 8 nitrogen and oxygen atoms in total. The van der Waals surface area contributed by atoms with Crippen molar-refractivity contribution < 1.29 is 4.79 Å². The molecule has 130 valence electrons. The molecule has 26 heavy (non-hydrogen) atoms. The van der Waals surface area contributed by atoms with E-state index < -0.39 is 11.6 Å². The first kappa shape index (κ1) is 15.8. The number of amides is 1. The van der Waals surface area contributed by atoms with E-state index in [9.17, 15) is 9.59 Å². The molecule has 2 aromatic carbocycles. The van der Waals surface area contributed by atoms with Crippen LogP contribution in [-0.4, -0.2) is 30.6 Å². The van der Waals surface area contributed by atoms with Gasteiger partial charge in [0, 0.05) is 0 Å². The molecular formula is C18H16N6O2. The molecule has 0 aliphatic rings. The zero-order chi connectivity index (χ0) is 18.1. The van der Waals surface area contributed by atoms with E-state index in [1.165, 1.54) is 0 Å². The Bertz CT molecular complexity index is 1130. The number of aromatic nitrogens is 5. The summed E-state index contributed by atoms with van der Waals surface area (Å²) in [4.78, 5) is 30.4. The van der Waals surface area contributed by atoms with Crippen molar-refractivity contribution in [3.63, 3.8) is 0 Å². The van der Waals surface area contributed by atoms with Gasteiger partial charge in [-0.3, -0.25) is 15.1 Å². The van der Waals surface area contributed by atoms with Crippen molar-refractivity contribution in [3.8, 4) is 0 Å². The Balaban J connectivity index is 1.79. The summed E-state index contributed by atoms with van der Waals surface area (Å²) in [5, 5.41) is 8.57. The number of anilines is 1. The van der Waals surface area contributed by atoms with Gasteiger partial charge in [0.25, 0.3) is 5.91 Å². The second kappa shape index (κ2) is 6.32. The van der Waals surface area contributed by atoms with Crippen LogP contribution in [0.25, 0.3) is 11.0 Å². The van der Waals surface area contributed by atoms with Crippen LogP contribution < -0.4 is 11.0 Å². The van der Waals surface area contributed by atoms with Crippen LogP contribution in [0, 0.1) is 0 Å². The number of para-hydroxylation sites is 2. The number of H-pyrrole nitrogens is 2. The largest absolute Gasteiger partial charge is 0.341 e. The number of nitrogens with zero attached hydrogens (tertiary/aromatic N) is 3. The Morgan fingerprint density at radius 3 is 2.58 bits per heavy atom. The predicted octanol–water partition coefficient (Wildman–Crippen LogP) is 2.31. The predicted molar refractivity (Wildman–Crippen MR) is 97.1 cm³/mol. The molecule has 0 fully saturated rings. The van der Waals surface area contributed by atoms with Crippen LogP contribution in [-0.2, 0) is 0 Å². The van der Waals surface area contributed by atoms with Gasteiger partial charge in [-0.1, -0.05) is 42.5 Å². The second-order valence-corrected chi connectivity index (χ2v) is 5.86. The van der Waals surface area contributed by atoms with Crippen molar-refractivity contribution in [1.29, 1.82) is 0 Å². The Kier molecular flexibility index (Phi) is 3.85. The molecule has 0 aliphatic carbocycles. The minimum absolute atomic E-state index is 0.0582. The smallest absolute Gasteiger partial charge is 0.303 e. The van der Waals surface area contributed by atoms with Gasteiger partial charge < -0.3 is 4.57 Å². The van der Waals surface area contributed by atoms with Gasteiger partial charge in [0.05, 0.1) is 17.1 Å². The lowest BCUT2D eigenvalue weighted by Crippen LogP contribution is -2.19. The van der Waals surface area contributed by atoms with Gasteiger partial charge in [0.2, 0.25) is 11.8 Å². The average Bonchev–Trinajstić information content (AvgIpc) is 3.25. The minimum atomic E-state index is -0.542. The molecule has 8 heteroatoms. The fourth-order valence-electron chi connectivity index (χ4n) is 2.94. The molecule has 0 radical (unpaired) electrons. The SMILES string of the molecule is CC(c1ccccc1)n1c(NC(=O)c2n[nH]c(=O)[nH]2)nc2ccccc21. The Labute approximate surface area is 147 Å². The monoisotopic (exact) mass is 348 g/mol. The van der Waals surface area contributed by atoms with E-state index >= 15 is 0 Å². The highest BCUT2D eigenvalue weighted by Crippen LogP contribution is 2.28. The molecule has 4 aromatic rings. The molecule has 1 atom stereocenters. The Morgan fingerprint density at radius 1 is 1.12 bits per heavy atom. The number of hydrogen-bond acceptors (Lipinski definition) is 4. The number of rotatable bonds is 4. The lowest BCUT2D eigenvalue weighted by molar-refractivity contribution is 0.101. The molecule has 1 unspecified atom stereocenters. The van der Waals surface area contributed by atoms with E-state index in [2.05, 4.69) is 25.5 Å². The van der Waals surface area contributed by atoms with Gasteiger partial charge in [0.1, 0.15) is 0 Å². The quantitative estimate of drug-likeness (QED) is 0.526. The third-order valence-electron chi connectivity index (χ3n) is 4.21. The molecule has 0 aliphatic heterocycles. The summed E-state index contributed by atoms with van der Waals surface area (Å²) in [7, 11) is 0. The summed E-state index contributed by atoms with van der Waals surface area (Å²) >= 11 is 0. The minimum Gasteiger partial charge on any atom is -0.303 e. The number of fused-ring (bicyclic) bond motifs is 1. The first-order chi connectivity index (χ1) is 12.6. The molecule has 0 saturated carbocycles. The van der Waals surface area contributed by atoms with Crippen LogP contribution >= 0.6 is 0 Å². The lowest BCUT2D eigenvalue weighted by Gasteiger charge is -2.18. The van der Waals surface area contributed by atoms with Crippen LogP contribution in [0.5, 0.6) is 0 Å². The highest BCUT2D eigenvalue weighted by atomic mass is 16.2. The molecule has 1 amide bonds. The zero-order valence-corrected chi connectivity index (χ0v) is 13.9. The van der Waals surface area contributed by atoms with E-state index in [4.69, 9.17) is 0 Å². The van der Waals surface area contributed by atoms with Gasteiger partial charge in [-0.05, 0) is 24.6 Å². The van der Waals surface area contributed by atoms with Gasteiger partial charge in [-0.25, -0.2) is 14.9 Å². The first-order valence-electron chi connectivity index (χ1n) is 8.11. The van der Waals surface area contributed by atoms with E-state index in [-0.39, 0.29) is 11.9 Å². The highest BCUT2D eigenvalue weighted by molar-refractivity contribution is 6.01. The highest BCUT2D eigenvalue weighted by Gasteiger charge is 2.20. The van der Waals surface area contributed by atoms with E-state index in [0.29, 0.717) is 5.95 Å². The van der Waals surface area contributed by atoms with Crippen molar-refractivity contribution in [3.05, 3.63) is 76.5 Å². The molecule has 0 saturated heterocycles. The van der Waals surface area contributed by atoms with Crippen LogP contribution in [0.2, 0.25) is 0 Å². The van der Waals surface area contributed by atoms with Crippen molar-refractivity contribution in [2.24, 2.45) is 0 Å². The number of aromatic amines is 2. The summed E-state index contributed by atoms with van der Waals surface area (Å²) in [6.07, 6.45) is 0. The van der Waals surface area contributed by atoms with Crippen LogP contribution in [0.3, 0.4) is 0 Å². The zero-order valence-electron chi connectivity index (χ0n) is 13.9. The summed E-state index contributed by atoms with van der Waals surface area (Å²) in [5.74, 6) is -0.252. The second-order valence-electron chi connectivity index (χ2n) is 5.86. The summed E-state index contributed by atoms with van der Waals surface area (Å²) < 4.78 is 1.95. The van der Waals surface area contributed by atoms with Crippen molar-refractivity contribution in [2.75, 3.05) is 5.32 Å². The van der Waals surface area contributed by atoms with E-state index in [1.807, 2.05) is 66.1 Å². The summed E-state index contributed by atoms with van der Waals surface area (Å²) in [5.41, 5.74) is 2.21. The third-order valence-corrected chi connectivity index (χ3v) is 4.21. The molecular weight excluding hydrogens is 332 g/mol. The number of nitrogens with one attached hydrogen (secondary N) is 3. The summed E-state index contributed by atoms with van der Waals surface area (Å²) in [6.45, 7) is 2.04. The third kappa shape index (κ3) is 2.77. The van der Waals surface area contributed by atoms with E-state index in [1.54, 1.807) is 0 Å². The molecule has 0 bridgehead atoms. The van der Waals surface area contributed by atoms with E-state index in [0.717, 1.165) is 16.6 Å². The number of hydrogen-bond donors (Lipinski definition) is 3. The van der Waals surface area contributed by atoms with Crippen LogP contribution in [0.4, 0.5) is 5.95 Å². The van der Waals surface area contributed by atoms with Gasteiger partial charge in [-0.2, -0.15) is 0 Å². The Morgan fingerprint density at radius 2 is 1.85 bits per heavy atom. The lowest BCUT2D eigenvalue weighted by atomic mass is 10.1. The number of carbonyl (C=O) groups is 1. The molecule has 2 aromatic heterocycles. The first-order valence-corrected chi connectivity index (χ1v) is 8.11. The maximum absolute atomic E-state index is 12.4. The normalized spacial score (nSPS) is 12.2. The number of carbonyl (C=O) groups excluding carboxylic acids is 1. The average molecular weight is 348 g/mol. The standard InChI is InChI=1S/C18H16N6O2/c1-11(12-7-3-2-4-8-12)24-14-10-6-5-9-13(14)19-17(24)21-16(25)15-20-18(26)23-22-15/h2-11H,1H3,(H,19,21,25)(H2,20,22,23,26). The fourth-order valence-corrected chi connectivity index (χ4v) is 2.94. The van der Waals surface area contributed by atoms with Gasteiger partial charge in [-0.15, -0.1) is 5.10 Å².